The molecule has 0 aliphatic rings. The van der Waals surface area contributed by atoms with Gasteiger partial charge in [0.05, 0.1) is 10.7 Å². The van der Waals surface area contributed by atoms with E-state index in [1.807, 2.05) is 25.1 Å². The van der Waals surface area contributed by atoms with Crippen LogP contribution in [-0.2, 0) is 0 Å². The van der Waals surface area contributed by atoms with Crippen molar-refractivity contribution in [1.82, 2.24) is 10.3 Å². The van der Waals surface area contributed by atoms with Crippen LogP contribution in [0.25, 0.3) is 0 Å². The normalized spacial score (nSPS) is 14.4. The third kappa shape index (κ3) is 3.56. The zero-order chi connectivity index (χ0) is 14.0. The van der Waals surface area contributed by atoms with Crippen molar-refractivity contribution in [3.05, 3.63) is 50.4 Å². The Hall–Kier alpha value is -0.900. The summed E-state index contributed by atoms with van der Waals surface area (Å²) in [6, 6.07) is 8.46. The Morgan fingerprint density at radius 2 is 1.95 bits per heavy atom. The Morgan fingerprint density at radius 3 is 2.53 bits per heavy atom. The van der Waals surface area contributed by atoms with Gasteiger partial charge in [-0.1, -0.05) is 23.7 Å². The molecule has 0 saturated carbocycles. The lowest BCUT2D eigenvalue weighted by Crippen LogP contribution is -2.23. The number of rotatable bonds is 4. The summed E-state index contributed by atoms with van der Waals surface area (Å²) in [5, 5.41) is 5.48. The van der Waals surface area contributed by atoms with Crippen molar-refractivity contribution in [2.45, 2.75) is 39.8 Å². The van der Waals surface area contributed by atoms with Gasteiger partial charge in [0.1, 0.15) is 0 Å². The second kappa shape index (κ2) is 6.04. The molecular formula is C15H19ClN2S. The summed E-state index contributed by atoms with van der Waals surface area (Å²) in [7, 11) is 0. The fraction of sp³-hybridized carbons (Fsp3) is 0.400. The number of nitrogens with one attached hydrogen (secondary N) is 1. The van der Waals surface area contributed by atoms with Crippen LogP contribution in [0.4, 0.5) is 0 Å². The van der Waals surface area contributed by atoms with Crippen LogP contribution in [0.5, 0.6) is 0 Å². The zero-order valence-corrected chi connectivity index (χ0v) is 13.3. The fourth-order valence-corrected chi connectivity index (χ4v) is 3.39. The first kappa shape index (κ1) is 14.5. The Labute approximate surface area is 123 Å². The lowest BCUT2D eigenvalue weighted by atomic mass is 10.1. The maximum Gasteiger partial charge on any atom is 0.0900 e. The van der Waals surface area contributed by atoms with E-state index in [4.69, 9.17) is 11.6 Å². The molecule has 0 radical (unpaired) electrons. The molecule has 0 aliphatic carbocycles. The molecule has 0 spiro atoms. The smallest absolute Gasteiger partial charge is 0.0900 e. The Morgan fingerprint density at radius 1 is 1.21 bits per heavy atom. The van der Waals surface area contributed by atoms with E-state index in [2.05, 4.69) is 37.1 Å². The highest BCUT2D eigenvalue weighted by Gasteiger charge is 2.16. The summed E-state index contributed by atoms with van der Waals surface area (Å²) in [5.74, 6) is 0. The lowest BCUT2D eigenvalue weighted by Gasteiger charge is -2.20. The van der Waals surface area contributed by atoms with Gasteiger partial charge in [0.2, 0.25) is 0 Å². The largest absolute Gasteiger partial charge is 0.302 e. The molecule has 19 heavy (non-hydrogen) atoms. The number of aromatic nitrogens is 1. The van der Waals surface area contributed by atoms with Crippen molar-refractivity contribution in [3.63, 3.8) is 0 Å². The molecule has 2 atom stereocenters. The van der Waals surface area contributed by atoms with E-state index in [0.717, 1.165) is 15.7 Å². The molecular weight excluding hydrogens is 276 g/mol. The number of hydrogen-bond donors (Lipinski definition) is 1. The van der Waals surface area contributed by atoms with Gasteiger partial charge in [-0.2, -0.15) is 0 Å². The van der Waals surface area contributed by atoms with Gasteiger partial charge in [-0.05, 0) is 45.4 Å². The average molecular weight is 295 g/mol. The predicted molar refractivity (Wildman–Crippen MR) is 83.0 cm³/mol. The minimum atomic E-state index is 0.235. The molecule has 1 aromatic carbocycles. The van der Waals surface area contributed by atoms with Crippen molar-refractivity contribution < 1.29 is 0 Å². The maximum absolute atomic E-state index is 6.03. The minimum absolute atomic E-state index is 0.235. The molecule has 2 rings (SSSR count). The highest BCUT2D eigenvalue weighted by molar-refractivity contribution is 7.11. The van der Waals surface area contributed by atoms with Crippen molar-refractivity contribution in [2.24, 2.45) is 0 Å². The number of nitrogens with zero attached hydrogens (tertiary/aromatic N) is 1. The summed E-state index contributed by atoms with van der Waals surface area (Å²) < 4.78 is 0. The van der Waals surface area contributed by atoms with Crippen LogP contribution in [0.3, 0.4) is 0 Å². The van der Waals surface area contributed by atoms with Crippen LogP contribution in [0.1, 0.15) is 47.1 Å². The summed E-state index contributed by atoms with van der Waals surface area (Å²) >= 11 is 7.78. The van der Waals surface area contributed by atoms with Gasteiger partial charge >= 0.3 is 0 Å². The Kier molecular flexibility index (Phi) is 4.61. The monoisotopic (exact) mass is 294 g/mol. The number of halogens is 1. The predicted octanol–water partition coefficient (Wildman–Crippen LogP) is 4.83. The van der Waals surface area contributed by atoms with Gasteiger partial charge in [-0.15, -0.1) is 11.3 Å². The lowest BCUT2D eigenvalue weighted by molar-refractivity contribution is 0.486. The van der Waals surface area contributed by atoms with Crippen LogP contribution in [0, 0.1) is 13.8 Å². The molecule has 1 heterocycles. The third-order valence-corrected chi connectivity index (χ3v) is 4.34. The SMILES string of the molecule is Cc1nc(C(C)NC(C)c2cccc(Cl)c2)c(C)s1. The topological polar surface area (TPSA) is 24.9 Å². The molecule has 0 fully saturated rings. The molecule has 2 aromatic rings. The van der Waals surface area contributed by atoms with E-state index in [1.54, 1.807) is 11.3 Å². The second-order valence-electron chi connectivity index (χ2n) is 4.84. The van der Waals surface area contributed by atoms with Crippen molar-refractivity contribution in [2.75, 3.05) is 0 Å². The van der Waals surface area contributed by atoms with Gasteiger partial charge in [0, 0.05) is 22.0 Å². The van der Waals surface area contributed by atoms with Gasteiger partial charge in [0.15, 0.2) is 0 Å². The van der Waals surface area contributed by atoms with E-state index in [-0.39, 0.29) is 12.1 Å². The number of aryl methyl sites for hydroxylation is 2. The molecule has 0 amide bonds. The summed E-state index contributed by atoms with van der Waals surface area (Å²) in [6.07, 6.45) is 0. The first-order valence-corrected chi connectivity index (χ1v) is 7.62. The molecule has 102 valence electrons. The Balaban J connectivity index is 2.10. The van der Waals surface area contributed by atoms with Crippen molar-refractivity contribution >= 4 is 22.9 Å². The van der Waals surface area contributed by atoms with E-state index in [1.165, 1.54) is 10.4 Å². The van der Waals surface area contributed by atoms with Gasteiger partial charge < -0.3 is 5.32 Å². The van der Waals surface area contributed by atoms with E-state index in [9.17, 15) is 0 Å². The first-order chi connectivity index (χ1) is 8.97. The van der Waals surface area contributed by atoms with E-state index >= 15 is 0 Å². The van der Waals surface area contributed by atoms with E-state index in [0.29, 0.717) is 0 Å². The minimum Gasteiger partial charge on any atom is -0.302 e. The third-order valence-electron chi connectivity index (χ3n) is 3.20. The van der Waals surface area contributed by atoms with Gasteiger partial charge in [0.25, 0.3) is 0 Å². The van der Waals surface area contributed by atoms with Crippen LogP contribution < -0.4 is 5.32 Å². The summed E-state index contributed by atoms with van der Waals surface area (Å²) in [5.41, 5.74) is 2.35. The van der Waals surface area contributed by atoms with Crippen LogP contribution in [0.2, 0.25) is 5.02 Å². The maximum atomic E-state index is 6.03. The zero-order valence-electron chi connectivity index (χ0n) is 11.7. The van der Waals surface area contributed by atoms with Crippen LogP contribution in [0.15, 0.2) is 24.3 Å². The molecule has 4 heteroatoms. The van der Waals surface area contributed by atoms with Gasteiger partial charge in [-0.25, -0.2) is 4.98 Å². The van der Waals surface area contributed by atoms with Crippen LogP contribution >= 0.6 is 22.9 Å². The highest BCUT2D eigenvalue weighted by Crippen LogP contribution is 2.25. The van der Waals surface area contributed by atoms with Crippen molar-refractivity contribution in [1.29, 1.82) is 0 Å². The standard InChI is InChI=1S/C15H19ClN2S/c1-9(13-6-5-7-14(16)8-13)17-10(2)15-11(3)19-12(4)18-15/h5-10,17H,1-4H3. The number of benzene rings is 1. The summed E-state index contributed by atoms with van der Waals surface area (Å²) in [6.45, 7) is 8.48. The molecule has 2 unspecified atom stereocenters. The summed E-state index contributed by atoms with van der Waals surface area (Å²) in [4.78, 5) is 5.89. The molecule has 1 aromatic heterocycles. The highest BCUT2D eigenvalue weighted by atomic mass is 35.5. The molecule has 0 aliphatic heterocycles. The number of thiazole rings is 1. The molecule has 0 saturated heterocycles. The van der Waals surface area contributed by atoms with Crippen molar-refractivity contribution in [3.8, 4) is 0 Å². The second-order valence-corrected chi connectivity index (χ2v) is 6.68. The Bertz CT molecular complexity index is 565. The average Bonchev–Trinajstić information content (AvgIpc) is 2.68. The fourth-order valence-electron chi connectivity index (χ4n) is 2.27. The molecule has 2 nitrogen and oxygen atoms in total. The molecule has 1 N–H and O–H groups in total. The quantitative estimate of drug-likeness (QED) is 0.874. The van der Waals surface area contributed by atoms with Crippen LogP contribution in [-0.4, -0.2) is 4.98 Å². The van der Waals surface area contributed by atoms with E-state index < -0.39 is 0 Å². The number of hydrogen-bond acceptors (Lipinski definition) is 3. The van der Waals surface area contributed by atoms with Gasteiger partial charge in [-0.3, -0.25) is 0 Å². The molecule has 0 bridgehead atoms. The first-order valence-electron chi connectivity index (χ1n) is 6.43.